The molecule has 37 heavy (non-hydrogen) atoms. The van der Waals surface area contributed by atoms with Crippen LogP contribution in [-0.2, 0) is 6.11 Å². The number of alkyl halides is 5. The third-order valence-electron chi connectivity index (χ3n) is 8.32. The zero-order valence-electron chi connectivity index (χ0n) is 21.4. The number of hydrogen-bond acceptors (Lipinski definition) is 2. The van der Waals surface area contributed by atoms with Crippen molar-refractivity contribution < 1.29 is 31.4 Å². The monoisotopic (exact) mass is 524 g/mol. The van der Waals surface area contributed by atoms with E-state index in [-0.39, 0.29) is 11.3 Å². The van der Waals surface area contributed by atoms with Crippen LogP contribution in [0.4, 0.5) is 22.0 Å². The standard InChI is InChI=1S/C30H37F5O2/c1-2-3-4-21-5-7-22(8-6-21)23-9-11-24(12-10-23)25-13-15-26(16-14-25)29(31,32)36-27-17-19-28(20-18-27)37-30(33,34)35/h13-24H,2-12H2,1H3/t21-,22-,23?,24?. The highest BCUT2D eigenvalue weighted by Gasteiger charge is 2.36. The summed E-state index contributed by atoms with van der Waals surface area (Å²) in [6, 6.07) is 10.2. The van der Waals surface area contributed by atoms with Gasteiger partial charge in [0.2, 0.25) is 0 Å². The van der Waals surface area contributed by atoms with E-state index < -0.39 is 18.2 Å². The first kappa shape index (κ1) is 27.7. The van der Waals surface area contributed by atoms with E-state index in [1.165, 1.54) is 69.9 Å². The summed E-state index contributed by atoms with van der Waals surface area (Å²) in [5.41, 5.74) is 0.787. The molecule has 2 saturated carbocycles. The fourth-order valence-corrected chi connectivity index (χ4v) is 6.23. The summed E-state index contributed by atoms with van der Waals surface area (Å²) in [4.78, 5) is 0. The maximum Gasteiger partial charge on any atom is 0.573 e. The van der Waals surface area contributed by atoms with Crippen molar-refractivity contribution >= 4 is 0 Å². The molecule has 0 aliphatic heterocycles. The van der Waals surface area contributed by atoms with Crippen LogP contribution in [-0.4, -0.2) is 6.36 Å². The second-order valence-corrected chi connectivity index (χ2v) is 10.8. The van der Waals surface area contributed by atoms with E-state index >= 15 is 0 Å². The number of hydrogen-bond donors (Lipinski definition) is 0. The number of rotatable bonds is 9. The van der Waals surface area contributed by atoms with Gasteiger partial charge in [-0.05, 0) is 104 Å². The molecule has 0 aromatic heterocycles. The van der Waals surface area contributed by atoms with Crippen molar-refractivity contribution in [3.05, 3.63) is 59.7 Å². The first-order valence-electron chi connectivity index (χ1n) is 13.7. The molecular weight excluding hydrogens is 487 g/mol. The summed E-state index contributed by atoms with van der Waals surface area (Å²) in [6.45, 7) is 2.26. The van der Waals surface area contributed by atoms with E-state index in [1.807, 2.05) is 0 Å². The average molecular weight is 525 g/mol. The van der Waals surface area contributed by atoms with Gasteiger partial charge in [-0.1, -0.05) is 51.2 Å². The summed E-state index contributed by atoms with van der Waals surface area (Å²) in [5, 5.41) is 0. The molecule has 0 bridgehead atoms. The van der Waals surface area contributed by atoms with Crippen LogP contribution >= 0.6 is 0 Å². The van der Waals surface area contributed by atoms with Crippen molar-refractivity contribution in [3.63, 3.8) is 0 Å². The zero-order chi connectivity index (χ0) is 26.5. The van der Waals surface area contributed by atoms with Gasteiger partial charge in [0.1, 0.15) is 11.5 Å². The predicted molar refractivity (Wildman–Crippen MR) is 134 cm³/mol. The molecule has 0 amide bonds. The lowest BCUT2D eigenvalue weighted by molar-refractivity contribution is -0.274. The van der Waals surface area contributed by atoms with Crippen molar-refractivity contribution in [3.8, 4) is 11.5 Å². The molecule has 2 aromatic carbocycles. The topological polar surface area (TPSA) is 18.5 Å². The van der Waals surface area contributed by atoms with Gasteiger partial charge in [0.15, 0.2) is 0 Å². The van der Waals surface area contributed by atoms with Crippen LogP contribution < -0.4 is 9.47 Å². The van der Waals surface area contributed by atoms with Crippen LogP contribution in [0.15, 0.2) is 48.5 Å². The molecular formula is C30H37F5O2. The van der Waals surface area contributed by atoms with Crippen molar-refractivity contribution in [1.82, 2.24) is 0 Å². The second kappa shape index (κ2) is 12.0. The smallest absolute Gasteiger partial charge is 0.429 e. The maximum atomic E-state index is 14.7. The van der Waals surface area contributed by atoms with Gasteiger partial charge >= 0.3 is 12.5 Å². The summed E-state index contributed by atoms with van der Waals surface area (Å²) < 4.78 is 74.8. The van der Waals surface area contributed by atoms with Gasteiger partial charge in [0.05, 0.1) is 5.56 Å². The second-order valence-electron chi connectivity index (χ2n) is 10.8. The minimum atomic E-state index is -4.85. The largest absolute Gasteiger partial charge is 0.573 e. The van der Waals surface area contributed by atoms with Gasteiger partial charge in [-0.2, -0.15) is 8.78 Å². The van der Waals surface area contributed by atoms with Crippen LogP contribution in [0.3, 0.4) is 0 Å². The Kier molecular flexibility index (Phi) is 9.02. The summed E-state index contributed by atoms with van der Waals surface area (Å²) in [5.74, 6) is 2.22. The minimum Gasteiger partial charge on any atom is -0.429 e. The van der Waals surface area contributed by atoms with Crippen LogP contribution in [0.5, 0.6) is 11.5 Å². The Bertz CT molecular complexity index is 955. The molecule has 0 saturated heterocycles. The van der Waals surface area contributed by atoms with E-state index in [9.17, 15) is 22.0 Å². The van der Waals surface area contributed by atoms with E-state index in [0.29, 0.717) is 5.92 Å². The van der Waals surface area contributed by atoms with E-state index in [1.54, 1.807) is 12.1 Å². The van der Waals surface area contributed by atoms with E-state index in [4.69, 9.17) is 4.74 Å². The summed E-state index contributed by atoms with van der Waals surface area (Å²) in [7, 11) is 0. The number of benzene rings is 2. The van der Waals surface area contributed by atoms with Gasteiger partial charge in [-0.25, -0.2) is 0 Å². The van der Waals surface area contributed by atoms with Crippen molar-refractivity contribution in [2.24, 2.45) is 17.8 Å². The highest BCUT2D eigenvalue weighted by molar-refractivity contribution is 5.33. The molecule has 0 spiro atoms. The molecule has 0 N–H and O–H groups in total. The molecule has 2 fully saturated rings. The quantitative estimate of drug-likeness (QED) is 0.304. The van der Waals surface area contributed by atoms with Gasteiger partial charge in [0, 0.05) is 0 Å². The molecule has 2 aliphatic carbocycles. The van der Waals surface area contributed by atoms with Crippen LogP contribution in [0.1, 0.15) is 94.6 Å². The fourth-order valence-electron chi connectivity index (χ4n) is 6.23. The van der Waals surface area contributed by atoms with Gasteiger partial charge in [-0.15, -0.1) is 13.2 Å². The maximum absolute atomic E-state index is 14.7. The van der Waals surface area contributed by atoms with Gasteiger partial charge in [0.25, 0.3) is 0 Å². The summed E-state index contributed by atoms with van der Waals surface area (Å²) >= 11 is 0. The van der Waals surface area contributed by atoms with Crippen LogP contribution in [0.25, 0.3) is 0 Å². The van der Waals surface area contributed by atoms with E-state index in [2.05, 4.69) is 11.7 Å². The molecule has 2 nitrogen and oxygen atoms in total. The number of unbranched alkanes of at least 4 members (excludes halogenated alkanes) is 1. The van der Waals surface area contributed by atoms with Crippen molar-refractivity contribution in [1.29, 1.82) is 0 Å². The molecule has 0 atom stereocenters. The first-order chi connectivity index (χ1) is 17.6. The predicted octanol–water partition coefficient (Wildman–Crippen LogP) is 9.98. The lowest BCUT2D eigenvalue weighted by Gasteiger charge is -2.38. The number of halogens is 5. The molecule has 0 heterocycles. The molecule has 0 unspecified atom stereocenters. The lowest BCUT2D eigenvalue weighted by atomic mass is 9.68. The molecule has 2 aliphatic rings. The number of ether oxygens (including phenoxy) is 2. The van der Waals surface area contributed by atoms with Gasteiger partial charge < -0.3 is 9.47 Å². The fraction of sp³-hybridized carbons (Fsp3) is 0.600. The molecule has 0 radical (unpaired) electrons. The third-order valence-corrected chi connectivity index (χ3v) is 8.32. The Balaban J connectivity index is 1.27. The molecule has 204 valence electrons. The average Bonchev–Trinajstić information content (AvgIpc) is 2.88. The van der Waals surface area contributed by atoms with E-state index in [0.717, 1.165) is 60.4 Å². The van der Waals surface area contributed by atoms with Crippen LogP contribution in [0, 0.1) is 17.8 Å². The Morgan fingerprint density at radius 3 is 1.70 bits per heavy atom. The molecule has 4 rings (SSSR count). The zero-order valence-corrected chi connectivity index (χ0v) is 21.4. The highest BCUT2D eigenvalue weighted by atomic mass is 19.4. The lowest BCUT2D eigenvalue weighted by Crippen LogP contribution is -2.25. The summed E-state index contributed by atoms with van der Waals surface area (Å²) in [6.07, 6.45) is 5.68. The normalized spacial score (nSPS) is 25.0. The highest BCUT2D eigenvalue weighted by Crippen LogP contribution is 2.45. The third kappa shape index (κ3) is 7.84. The van der Waals surface area contributed by atoms with Crippen molar-refractivity contribution in [2.75, 3.05) is 0 Å². The minimum absolute atomic E-state index is 0.249. The molecule has 2 aromatic rings. The Morgan fingerprint density at radius 1 is 0.676 bits per heavy atom. The van der Waals surface area contributed by atoms with Crippen LogP contribution in [0.2, 0.25) is 0 Å². The Labute approximate surface area is 216 Å². The van der Waals surface area contributed by atoms with Crippen molar-refractivity contribution in [2.45, 2.75) is 95.9 Å². The molecule has 7 heteroatoms. The van der Waals surface area contributed by atoms with Gasteiger partial charge in [-0.3, -0.25) is 0 Å². The first-order valence-corrected chi connectivity index (χ1v) is 13.7. The Hall–Kier alpha value is -2.31. The SMILES string of the molecule is CCCC[C@H]1CC[C@H](C2CCC(c3ccc(C(F)(F)Oc4ccc(OC(F)(F)F)cc4)cc3)CC2)CC1. The Morgan fingerprint density at radius 2 is 1.19 bits per heavy atom.